The zero-order chi connectivity index (χ0) is 12.3. The van der Waals surface area contributed by atoms with E-state index in [-0.39, 0.29) is 13.0 Å². The predicted molar refractivity (Wildman–Crippen MR) is 53.4 cm³/mol. The number of rotatable bonds is 4. The second kappa shape index (κ2) is 5.37. The van der Waals surface area contributed by atoms with Crippen LogP contribution in [0.1, 0.15) is 6.42 Å². The van der Waals surface area contributed by atoms with E-state index in [4.69, 9.17) is 25.4 Å². The molecule has 1 rings (SSSR count). The molecule has 96 valence electrons. The number of hydrogen-bond donors (Lipinski definition) is 5. The fraction of sp³-hybridized carbons (Fsp3) is 1.00. The summed E-state index contributed by atoms with van der Waals surface area (Å²) in [5.74, 6) is -1.39. The zero-order valence-corrected chi connectivity index (χ0v) is 9.11. The molecule has 0 saturated carbocycles. The van der Waals surface area contributed by atoms with Gasteiger partial charge >= 0.3 is 0 Å². The SMILES string of the molecule is CO[C@@]1(CCO)O[C@H](CO)[C@@H](O)[C@H](O)[C@@H]1N. The second-order valence-corrected chi connectivity index (χ2v) is 3.84. The fourth-order valence-electron chi connectivity index (χ4n) is 1.91. The summed E-state index contributed by atoms with van der Waals surface area (Å²) in [5, 5.41) is 37.2. The van der Waals surface area contributed by atoms with Crippen molar-refractivity contribution in [2.24, 2.45) is 5.73 Å². The number of hydrogen-bond acceptors (Lipinski definition) is 7. The number of methoxy groups -OCH3 is 1. The Morgan fingerprint density at radius 2 is 1.94 bits per heavy atom. The third-order valence-electron chi connectivity index (χ3n) is 2.94. The van der Waals surface area contributed by atoms with Gasteiger partial charge in [0.25, 0.3) is 0 Å². The van der Waals surface area contributed by atoms with E-state index in [0.29, 0.717) is 0 Å². The molecular formula is C9H19NO6. The first-order valence-corrected chi connectivity index (χ1v) is 5.08. The summed E-state index contributed by atoms with van der Waals surface area (Å²) in [6.45, 7) is -0.718. The molecule has 0 aliphatic carbocycles. The Morgan fingerprint density at radius 3 is 2.38 bits per heavy atom. The minimum absolute atomic E-state index is 0.0466. The molecule has 5 atom stereocenters. The Hall–Kier alpha value is -0.280. The van der Waals surface area contributed by atoms with Crippen LogP contribution in [-0.4, -0.2) is 70.9 Å². The highest BCUT2D eigenvalue weighted by molar-refractivity contribution is 4.99. The van der Waals surface area contributed by atoms with Gasteiger partial charge in [-0.1, -0.05) is 0 Å². The van der Waals surface area contributed by atoms with Gasteiger partial charge < -0.3 is 35.6 Å². The maximum Gasteiger partial charge on any atom is 0.188 e. The maximum absolute atomic E-state index is 9.71. The van der Waals surface area contributed by atoms with E-state index in [1.165, 1.54) is 7.11 Å². The van der Waals surface area contributed by atoms with Crippen molar-refractivity contribution in [1.29, 1.82) is 0 Å². The molecule has 1 heterocycles. The van der Waals surface area contributed by atoms with Crippen molar-refractivity contribution in [3.63, 3.8) is 0 Å². The molecule has 0 aromatic carbocycles. The average molecular weight is 237 g/mol. The first-order valence-electron chi connectivity index (χ1n) is 5.08. The van der Waals surface area contributed by atoms with Crippen molar-refractivity contribution in [3.8, 4) is 0 Å². The number of aliphatic hydroxyl groups is 4. The summed E-state index contributed by atoms with van der Waals surface area (Å²) in [6.07, 6.45) is -3.49. The molecule has 0 aromatic heterocycles. The summed E-state index contributed by atoms with van der Waals surface area (Å²) in [5.41, 5.74) is 5.71. The molecule has 1 saturated heterocycles. The molecule has 16 heavy (non-hydrogen) atoms. The van der Waals surface area contributed by atoms with Crippen LogP contribution in [-0.2, 0) is 9.47 Å². The summed E-state index contributed by atoms with van der Waals surface area (Å²) in [4.78, 5) is 0. The van der Waals surface area contributed by atoms with Gasteiger partial charge in [0, 0.05) is 20.1 Å². The van der Waals surface area contributed by atoms with Gasteiger partial charge in [0.05, 0.1) is 12.6 Å². The predicted octanol–water partition coefficient (Wildman–Crippen LogP) is -2.85. The summed E-state index contributed by atoms with van der Waals surface area (Å²) in [6, 6.07) is -0.998. The molecule has 7 heteroatoms. The van der Waals surface area contributed by atoms with Crippen molar-refractivity contribution in [2.45, 2.75) is 36.6 Å². The minimum Gasteiger partial charge on any atom is -0.396 e. The first kappa shape index (κ1) is 13.8. The first-order chi connectivity index (χ1) is 7.52. The van der Waals surface area contributed by atoms with Gasteiger partial charge in [-0.15, -0.1) is 0 Å². The lowest BCUT2D eigenvalue weighted by atomic mass is 9.89. The molecular weight excluding hydrogens is 218 g/mol. The lowest BCUT2D eigenvalue weighted by molar-refractivity contribution is -0.327. The molecule has 1 aliphatic heterocycles. The molecule has 0 aromatic rings. The van der Waals surface area contributed by atoms with Gasteiger partial charge in [-0.2, -0.15) is 0 Å². The van der Waals surface area contributed by atoms with Crippen molar-refractivity contribution >= 4 is 0 Å². The Balaban J connectivity index is 2.91. The summed E-state index contributed by atoms with van der Waals surface area (Å²) in [7, 11) is 1.33. The van der Waals surface area contributed by atoms with E-state index in [9.17, 15) is 10.2 Å². The third-order valence-corrected chi connectivity index (χ3v) is 2.94. The zero-order valence-electron chi connectivity index (χ0n) is 9.11. The van der Waals surface area contributed by atoms with Gasteiger partial charge in [-0.25, -0.2) is 0 Å². The Bertz CT molecular complexity index is 226. The van der Waals surface area contributed by atoms with Crippen molar-refractivity contribution in [3.05, 3.63) is 0 Å². The van der Waals surface area contributed by atoms with E-state index < -0.39 is 36.7 Å². The van der Waals surface area contributed by atoms with E-state index in [1.807, 2.05) is 0 Å². The Morgan fingerprint density at radius 1 is 1.31 bits per heavy atom. The molecule has 0 radical (unpaired) electrons. The van der Waals surface area contributed by atoms with E-state index in [0.717, 1.165) is 0 Å². The van der Waals surface area contributed by atoms with Gasteiger partial charge in [0.2, 0.25) is 0 Å². The highest BCUT2D eigenvalue weighted by atomic mass is 16.7. The number of ether oxygens (including phenoxy) is 2. The standard InChI is InChI=1S/C9H19NO6/c1-15-9(2-3-11)8(10)7(14)6(13)5(4-12)16-9/h5-8,11-14H,2-4,10H2,1H3/t5-,6-,7+,8+,9+/m1/s1. The maximum atomic E-state index is 9.71. The Labute approximate surface area is 93.4 Å². The van der Waals surface area contributed by atoms with E-state index >= 15 is 0 Å². The summed E-state index contributed by atoms with van der Waals surface area (Å²) >= 11 is 0. The van der Waals surface area contributed by atoms with E-state index in [1.54, 1.807) is 0 Å². The van der Waals surface area contributed by atoms with Gasteiger partial charge in [-0.3, -0.25) is 0 Å². The number of aliphatic hydroxyl groups excluding tert-OH is 4. The van der Waals surface area contributed by atoms with Crippen molar-refractivity contribution in [1.82, 2.24) is 0 Å². The van der Waals surface area contributed by atoms with Crippen LogP contribution in [0.15, 0.2) is 0 Å². The molecule has 0 unspecified atom stereocenters. The molecule has 0 bridgehead atoms. The highest BCUT2D eigenvalue weighted by Crippen LogP contribution is 2.31. The molecule has 1 aliphatic rings. The average Bonchev–Trinajstić information content (AvgIpc) is 2.30. The molecule has 1 fully saturated rings. The fourth-order valence-corrected chi connectivity index (χ4v) is 1.91. The van der Waals surface area contributed by atoms with Crippen LogP contribution in [0.4, 0.5) is 0 Å². The van der Waals surface area contributed by atoms with Crippen LogP contribution in [0.2, 0.25) is 0 Å². The largest absolute Gasteiger partial charge is 0.396 e. The molecule has 7 nitrogen and oxygen atoms in total. The number of nitrogens with two attached hydrogens (primary N) is 1. The quantitative estimate of drug-likeness (QED) is 0.356. The van der Waals surface area contributed by atoms with Crippen LogP contribution < -0.4 is 5.73 Å². The normalized spacial score (nSPS) is 44.6. The third kappa shape index (κ3) is 2.21. The monoisotopic (exact) mass is 237 g/mol. The molecule has 0 spiro atoms. The minimum atomic E-state index is -1.39. The van der Waals surface area contributed by atoms with Crippen molar-refractivity contribution < 1.29 is 29.9 Å². The van der Waals surface area contributed by atoms with Crippen molar-refractivity contribution in [2.75, 3.05) is 20.3 Å². The lowest BCUT2D eigenvalue weighted by Gasteiger charge is -2.48. The van der Waals surface area contributed by atoms with E-state index in [2.05, 4.69) is 0 Å². The smallest absolute Gasteiger partial charge is 0.188 e. The van der Waals surface area contributed by atoms with Crippen LogP contribution in [0.25, 0.3) is 0 Å². The van der Waals surface area contributed by atoms with Gasteiger partial charge in [0.15, 0.2) is 5.79 Å². The molecule has 0 amide bonds. The summed E-state index contributed by atoms with van der Waals surface area (Å²) < 4.78 is 10.4. The van der Waals surface area contributed by atoms with Crippen LogP contribution >= 0.6 is 0 Å². The van der Waals surface area contributed by atoms with Gasteiger partial charge in [0.1, 0.15) is 18.3 Å². The van der Waals surface area contributed by atoms with Crippen LogP contribution in [0, 0.1) is 0 Å². The Kier molecular flexibility index (Phi) is 4.62. The van der Waals surface area contributed by atoms with Crippen LogP contribution in [0.5, 0.6) is 0 Å². The molecule has 6 N–H and O–H groups in total. The lowest BCUT2D eigenvalue weighted by Crippen LogP contribution is -2.69. The second-order valence-electron chi connectivity index (χ2n) is 3.84. The van der Waals surface area contributed by atoms with Gasteiger partial charge in [-0.05, 0) is 0 Å². The topological polar surface area (TPSA) is 125 Å². The van der Waals surface area contributed by atoms with Crippen LogP contribution in [0.3, 0.4) is 0 Å². The highest BCUT2D eigenvalue weighted by Gasteiger charge is 2.52.